The number of aromatic nitrogens is 1. The number of ketones is 1. The number of nitrogens with zero attached hydrogens (tertiary/aromatic N) is 2. The molecule has 0 saturated heterocycles. The van der Waals surface area contributed by atoms with Crippen LogP contribution in [0.15, 0.2) is 47.9 Å². The minimum atomic E-state index is -0.980. The predicted octanol–water partition coefficient (Wildman–Crippen LogP) is 4.65. The van der Waals surface area contributed by atoms with Crippen molar-refractivity contribution < 1.29 is 19.1 Å². The van der Waals surface area contributed by atoms with Crippen LogP contribution in [0.4, 0.5) is 10.1 Å². The van der Waals surface area contributed by atoms with Crippen molar-refractivity contribution >= 4 is 40.6 Å². The Balaban J connectivity index is 2.20. The maximum atomic E-state index is 13.6. The number of aliphatic hydroxyl groups excluding tert-OH is 1. The highest BCUT2D eigenvalue weighted by Gasteiger charge is 2.45. The topological polar surface area (TPSA) is 70.5 Å². The highest BCUT2D eigenvalue weighted by Crippen LogP contribution is 2.42. The molecule has 2 aromatic rings. The van der Waals surface area contributed by atoms with Gasteiger partial charge in [0, 0.05) is 17.8 Å². The number of rotatable bonds is 4. The van der Waals surface area contributed by atoms with Crippen LogP contribution >= 0.6 is 23.2 Å². The van der Waals surface area contributed by atoms with Gasteiger partial charge in [-0.2, -0.15) is 0 Å². The van der Waals surface area contributed by atoms with E-state index in [-0.39, 0.29) is 16.3 Å². The Hall–Kier alpha value is -2.44. The first-order chi connectivity index (χ1) is 12.7. The van der Waals surface area contributed by atoms with E-state index in [1.165, 1.54) is 23.2 Å². The van der Waals surface area contributed by atoms with E-state index < -0.39 is 35.2 Å². The van der Waals surface area contributed by atoms with Gasteiger partial charge in [-0.05, 0) is 30.3 Å². The zero-order valence-electron chi connectivity index (χ0n) is 14.4. The van der Waals surface area contributed by atoms with E-state index in [0.29, 0.717) is 10.7 Å². The maximum Gasteiger partial charge on any atom is 0.294 e. The normalized spacial score (nSPS) is 17.2. The molecule has 5 nitrogen and oxygen atoms in total. The molecule has 140 valence electrons. The van der Waals surface area contributed by atoms with Gasteiger partial charge in [-0.1, -0.05) is 37.0 Å². The van der Waals surface area contributed by atoms with E-state index in [0.717, 1.165) is 6.07 Å². The predicted molar refractivity (Wildman–Crippen MR) is 100 cm³/mol. The third kappa shape index (κ3) is 3.42. The lowest BCUT2D eigenvalue weighted by molar-refractivity contribution is -0.119. The third-order valence-electron chi connectivity index (χ3n) is 4.21. The molecule has 1 unspecified atom stereocenters. The molecule has 0 bridgehead atoms. The van der Waals surface area contributed by atoms with E-state index >= 15 is 0 Å². The first-order valence-electron chi connectivity index (χ1n) is 8.09. The van der Waals surface area contributed by atoms with E-state index in [4.69, 9.17) is 23.2 Å². The molecule has 2 heterocycles. The molecule has 0 spiro atoms. The van der Waals surface area contributed by atoms with Crippen molar-refractivity contribution in [3.05, 3.63) is 69.4 Å². The molecule has 0 aliphatic carbocycles. The highest BCUT2D eigenvalue weighted by molar-refractivity contribution is 6.31. The summed E-state index contributed by atoms with van der Waals surface area (Å²) in [6, 6.07) is 5.86. The Labute approximate surface area is 165 Å². The Morgan fingerprint density at radius 2 is 1.96 bits per heavy atom. The molecular formula is C19H15Cl2FN2O3. The van der Waals surface area contributed by atoms with Gasteiger partial charge in [0.2, 0.25) is 0 Å². The van der Waals surface area contributed by atoms with E-state index in [1.54, 1.807) is 26.0 Å². The zero-order valence-corrected chi connectivity index (χ0v) is 15.9. The van der Waals surface area contributed by atoms with Gasteiger partial charge in [0.25, 0.3) is 5.91 Å². The van der Waals surface area contributed by atoms with Gasteiger partial charge < -0.3 is 5.11 Å². The number of carbonyl (C=O) groups is 2. The van der Waals surface area contributed by atoms with Crippen LogP contribution in [0.1, 0.15) is 25.6 Å². The second kappa shape index (κ2) is 7.29. The quantitative estimate of drug-likeness (QED) is 0.798. The first kappa shape index (κ1) is 19.3. The number of Topliss-reactive ketones (excluding diaryl/α,β-unsaturated/α-hetero) is 1. The SMILES string of the molecule is CC(C)C(=O)C1=C(O)C(=O)N(c2ccc(F)c(Cl)c2)C1c1ccc(Cl)cn1. The average molecular weight is 409 g/mol. The standard InChI is InChI=1S/C19H15Cl2FN2O3/c1-9(2)17(25)15-16(14-6-3-10(20)8-23-14)24(19(27)18(15)26)11-4-5-13(22)12(21)7-11/h3-9,16,26H,1-2H3. The van der Waals surface area contributed by atoms with Crippen molar-refractivity contribution in [3.8, 4) is 0 Å². The van der Waals surface area contributed by atoms with Crippen molar-refractivity contribution in [1.29, 1.82) is 0 Å². The number of benzene rings is 1. The van der Waals surface area contributed by atoms with Gasteiger partial charge in [0.1, 0.15) is 11.9 Å². The van der Waals surface area contributed by atoms with Crippen LogP contribution in [-0.4, -0.2) is 21.8 Å². The number of carbonyl (C=O) groups excluding carboxylic acids is 2. The highest BCUT2D eigenvalue weighted by atomic mass is 35.5. The third-order valence-corrected chi connectivity index (χ3v) is 4.72. The number of hydrogen-bond acceptors (Lipinski definition) is 4. The lowest BCUT2D eigenvalue weighted by Crippen LogP contribution is -2.32. The number of anilines is 1. The van der Waals surface area contributed by atoms with Crippen molar-refractivity contribution in [1.82, 2.24) is 4.98 Å². The summed E-state index contributed by atoms with van der Waals surface area (Å²) >= 11 is 11.7. The molecule has 1 aromatic carbocycles. The van der Waals surface area contributed by atoms with E-state index in [1.807, 2.05) is 0 Å². The molecule has 27 heavy (non-hydrogen) atoms. The van der Waals surface area contributed by atoms with Gasteiger partial charge in [-0.15, -0.1) is 0 Å². The van der Waals surface area contributed by atoms with Gasteiger partial charge in [-0.3, -0.25) is 19.5 Å². The number of aliphatic hydroxyl groups is 1. The molecule has 1 aromatic heterocycles. The van der Waals surface area contributed by atoms with Crippen molar-refractivity contribution in [2.24, 2.45) is 5.92 Å². The average Bonchev–Trinajstić information content (AvgIpc) is 2.89. The van der Waals surface area contributed by atoms with E-state index in [2.05, 4.69) is 4.98 Å². The smallest absolute Gasteiger partial charge is 0.294 e. The van der Waals surface area contributed by atoms with Crippen LogP contribution in [0.3, 0.4) is 0 Å². The van der Waals surface area contributed by atoms with Crippen LogP contribution in [-0.2, 0) is 9.59 Å². The van der Waals surface area contributed by atoms with Gasteiger partial charge >= 0.3 is 0 Å². The second-order valence-electron chi connectivity index (χ2n) is 6.36. The second-order valence-corrected chi connectivity index (χ2v) is 7.20. The van der Waals surface area contributed by atoms with Crippen LogP contribution in [0, 0.1) is 11.7 Å². The van der Waals surface area contributed by atoms with Crippen LogP contribution in [0.25, 0.3) is 0 Å². The number of halogens is 3. The Bertz CT molecular complexity index is 958. The minimum Gasteiger partial charge on any atom is -0.503 e. The molecule has 0 saturated carbocycles. The number of amides is 1. The molecule has 0 radical (unpaired) electrons. The number of hydrogen-bond donors (Lipinski definition) is 1. The largest absolute Gasteiger partial charge is 0.503 e. The van der Waals surface area contributed by atoms with Crippen LogP contribution in [0.2, 0.25) is 10.0 Å². The summed E-state index contributed by atoms with van der Waals surface area (Å²) in [6.07, 6.45) is 1.38. The molecular weight excluding hydrogens is 394 g/mol. The fourth-order valence-electron chi connectivity index (χ4n) is 2.90. The first-order valence-corrected chi connectivity index (χ1v) is 8.85. The summed E-state index contributed by atoms with van der Waals surface area (Å²) in [7, 11) is 0. The molecule has 8 heteroatoms. The van der Waals surface area contributed by atoms with Gasteiger partial charge in [0.05, 0.1) is 21.3 Å². The van der Waals surface area contributed by atoms with Crippen LogP contribution in [0.5, 0.6) is 0 Å². The van der Waals surface area contributed by atoms with Gasteiger partial charge in [-0.25, -0.2) is 4.39 Å². The fourth-order valence-corrected chi connectivity index (χ4v) is 3.18. The summed E-state index contributed by atoms with van der Waals surface area (Å²) in [4.78, 5) is 30.9. The summed E-state index contributed by atoms with van der Waals surface area (Å²) in [6.45, 7) is 3.33. The van der Waals surface area contributed by atoms with Crippen molar-refractivity contribution in [3.63, 3.8) is 0 Å². The van der Waals surface area contributed by atoms with Crippen molar-refractivity contribution in [2.75, 3.05) is 4.90 Å². The molecule has 3 rings (SSSR count). The Morgan fingerprint density at radius 1 is 1.26 bits per heavy atom. The molecule has 1 amide bonds. The zero-order chi connectivity index (χ0) is 19.9. The Kier molecular flexibility index (Phi) is 5.22. The molecule has 1 aliphatic heterocycles. The van der Waals surface area contributed by atoms with E-state index in [9.17, 15) is 19.1 Å². The molecule has 1 aliphatic rings. The molecule has 1 atom stereocenters. The van der Waals surface area contributed by atoms with Crippen molar-refractivity contribution in [2.45, 2.75) is 19.9 Å². The Morgan fingerprint density at radius 3 is 2.52 bits per heavy atom. The lowest BCUT2D eigenvalue weighted by atomic mass is 9.93. The number of pyridine rings is 1. The lowest BCUT2D eigenvalue weighted by Gasteiger charge is -2.26. The maximum absolute atomic E-state index is 13.6. The minimum absolute atomic E-state index is 0.0646. The molecule has 0 fully saturated rings. The summed E-state index contributed by atoms with van der Waals surface area (Å²) in [5.74, 6) is -2.94. The summed E-state index contributed by atoms with van der Waals surface area (Å²) in [5.41, 5.74) is 0.498. The summed E-state index contributed by atoms with van der Waals surface area (Å²) in [5, 5.41) is 10.6. The van der Waals surface area contributed by atoms with Gasteiger partial charge in [0.15, 0.2) is 11.5 Å². The van der Waals surface area contributed by atoms with Crippen LogP contribution < -0.4 is 4.90 Å². The molecule has 1 N–H and O–H groups in total. The summed E-state index contributed by atoms with van der Waals surface area (Å²) < 4.78 is 13.6. The monoisotopic (exact) mass is 408 g/mol. The fraction of sp³-hybridized carbons (Fsp3) is 0.211.